The SMILES string of the molecule is CC(=O)N(CCC(=O)N1CCN(C)CC1)c1cccc(C(F)(F)F)c1. The van der Waals surface area contributed by atoms with Gasteiger partial charge in [0.25, 0.3) is 0 Å². The Morgan fingerprint density at radius 1 is 1.16 bits per heavy atom. The zero-order valence-corrected chi connectivity index (χ0v) is 14.3. The standard InChI is InChI=1S/C17H22F3N3O2/c1-13(24)23(15-5-3-4-14(12-15)17(18,19)20)7-6-16(25)22-10-8-21(2)9-11-22/h3-5,12H,6-11H2,1-2H3. The number of alkyl halides is 3. The van der Waals surface area contributed by atoms with Crippen LogP contribution in [0.25, 0.3) is 0 Å². The van der Waals surface area contributed by atoms with E-state index in [-0.39, 0.29) is 24.6 Å². The summed E-state index contributed by atoms with van der Waals surface area (Å²) in [5.74, 6) is -0.489. The molecule has 0 aromatic heterocycles. The maximum Gasteiger partial charge on any atom is 0.416 e. The van der Waals surface area contributed by atoms with Gasteiger partial charge in [0.2, 0.25) is 11.8 Å². The minimum atomic E-state index is -4.48. The fraction of sp³-hybridized carbons (Fsp3) is 0.529. The smallest absolute Gasteiger partial charge is 0.340 e. The van der Waals surface area contributed by atoms with Crippen molar-refractivity contribution in [3.8, 4) is 0 Å². The van der Waals surface area contributed by atoms with Crippen molar-refractivity contribution in [3.05, 3.63) is 29.8 Å². The van der Waals surface area contributed by atoms with E-state index < -0.39 is 17.6 Å². The van der Waals surface area contributed by atoms with E-state index >= 15 is 0 Å². The van der Waals surface area contributed by atoms with Crippen LogP contribution in [0.1, 0.15) is 18.9 Å². The maximum atomic E-state index is 12.9. The van der Waals surface area contributed by atoms with E-state index in [4.69, 9.17) is 0 Å². The summed E-state index contributed by atoms with van der Waals surface area (Å²) in [6, 6.07) is 4.59. The van der Waals surface area contributed by atoms with Crippen LogP contribution in [0.15, 0.2) is 24.3 Å². The lowest BCUT2D eigenvalue weighted by Gasteiger charge is -2.33. The van der Waals surface area contributed by atoms with E-state index in [0.717, 1.165) is 25.2 Å². The van der Waals surface area contributed by atoms with Gasteiger partial charge in [-0.05, 0) is 25.2 Å². The fourth-order valence-electron chi connectivity index (χ4n) is 2.74. The first-order chi connectivity index (χ1) is 11.7. The Bertz CT molecular complexity index is 626. The molecule has 0 radical (unpaired) electrons. The number of halogens is 3. The summed E-state index contributed by atoms with van der Waals surface area (Å²) in [5, 5.41) is 0. The van der Waals surface area contributed by atoms with Gasteiger partial charge < -0.3 is 14.7 Å². The Morgan fingerprint density at radius 2 is 1.80 bits per heavy atom. The van der Waals surface area contributed by atoms with Gasteiger partial charge in [0, 0.05) is 51.8 Å². The molecule has 0 bridgehead atoms. The molecule has 0 spiro atoms. The minimum Gasteiger partial charge on any atom is -0.340 e. The van der Waals surface area contributed by atoms with Gasteiger partial charge in [0.1, 0.15) is 0 Å². The van der Waals surface area contributed by atoms with Crippen molar-refractivity contribution < 1.29 is 22.8 Å². The molecule has 1 aromatic rings. The number of carbonyl (C=O) groups excluding carboxylic acids is 2. The number of hydrogen-bond acceptors (Lipinski definition) is 3. The molecule has 0 unspecified atom stereocenters. The second-order valence-corrected chi connectivity index (χ2v) is 6.15. The van der Waals surface area contributed by atoms with Crippen molar-refractivity contribution in [2.24, 2.45) is 0 Å². The maximum absolute atomic E-state index is 12.9. The summed E-state index contributed by atoms with van der Waals surface area (Å²) in [6.07, 6.45) is -4.40. The summed E-state index contributed by atoms with van der Waals surface area (Å²) in [4.78, 5) is 29.2. The van der Waals surface area contributed by atoms with E-state index in [1.165, 1.54) is 24.0 Å². The van der Waals surface area contributed by atoms with Crippen molar-refractivity contribution in [3.63, 3.8) is 0 Å². The van der Waals surface area contributed by atoms with Crippen molar-refractivity contribution in [2.45, 2.75) is 19.5 Å². The van der Waals surface area contributed by atoms with Gasteiger partial charge in [-0.1, -0.05) is 6.07 Å². The molecular formula is C17H22F3N3O2. The molecule has 8 heteroatoms. The van der Waals surface area contributed by atoms with Gasteiger partial charge in [-0.25, -0.2) is 0 Å². The minimum absolute atomic E-state index is 0.0574. The lowest BCUT2D eigenvalue weighted by molar-refractivity contribution is -0.137. The Morgan fingerprint density at radius 3 is 2.36 bits per heavy atom. The fourth-order valence-corrected chi connectivity index (χ4v) is 2.74. The number of rotatable bonds is 4. The van der Waals surface area contributed by atoms with Gasteiger partial charge in [-0.15, -0.1) is 0 Å². The van der Waals surface area contributed by atoms with Gasteiger partial charge >= 0.3 is 6.18 Å². The highest BCUT2D eigenvalue weighted by atomic mass is 19.4. The summed E-state index contributed by atoms with van der Waals surface area (Å²) < 4.78 is 38.6. The van der Waals surface area contributed by atoms with E-state index in [1.54, 1.807) is 4.90 Å². The first-order valence-electron chi connectivity index (χ1n) is 8.10. The molecule has 1 aliphatic rings. The molecule has 2 amide bonds. The predicted molar refractivity (Wildman–Crippen MR) is 88.2 cm³/mol. The number of hydrogen-bond donors (Lipinski definition) is 0. The zero-order chi connectivity index (χ0) is 18.6. The number of nitrogens with zero attached hydrogens (tertiary/aromatic N) is 3. The topological polar surface area (TPSA) is 43.9 Å². The summed E-state index contributed by atoms with van der Waals surface area (Å²) in [7, 11) is 1.98. The third-order valence-corrected chi connectivity index (χ3v) is 4.27. The number of benzene rings is 1. The molecule has 1 heterocycles. The van der Waals surface area contributed by atoms with Gasteiger partial charge in [0.05, 0.1) is 5.56 Å². The number of carbonyl (C=O) groups is 2. The van der Waals surface area contributed by atoms with Crippen LogP contribution in [0.5, 0.6) is 0 Å². The van der Waals surface area contributed by atoms with Crippen LogP contribution < -0.4 is 4.90 Å². The molecule has 0 N–H and O–H groups in total. The molecule has 138 valence electrons. The van der Waals surface area contributed by atoms with Crippen molar-refractivity contribution in [1.82, 2.24) is 9.80 Å². The highest BCUT2D eigenvalue weighted by Gasteiger charge is 2.31. The number of likely N-dealkylation sites (N-methyl/N-ethyl adjacent to an activating group) is 1. The average Bonchev–Trinajstić information content (AvgIpc) is 2.54. The molecule has 1 aromatic carbocycles. The molecule has 25 heavy (non-hydrogen) atoms. The van der Waals surface area contributed by atoms with Crippen LogP contribution in [0.4, 0.5) is 18.9 Å². The van der Waals surface area contributed by atoms with Crippen LogP contribution in [-0.4, -0.2) is 61.4 Å². The van der Waals surface area contributed by atoms with Crippen LogP contribution >= 0.6 is 0 Å². The summed E-state index contributed by atoms with van der Waals surface area (Å²) in [5.41, 5.74) is -0.671. The van der Waals surface area contributed by atoms with Crippen molar-refractivity contribution in [1.29, 1.82) is 0 Å². The number of amides is 2. The Hall–Kier alpha value is -2.09. The van der Waals surface area contributed by atoms with Crippen LogP contribution in [-0.2, 0) is 15.8 Å². The van der Waals surface area contributed by atoms with E-state index in [9.17, 15) is 22.8 Å². The molecule has 0 saturated carbocycles. The molecule has 0 aliphatic carbocycles. The highest BCUT2D eigenvalue weighted by Crippen LogP contribution is 2.31. The Kier molecular flexibility index (Phi) is 6.05. The number of anilines is 1. The predicted octanol–water partition coefficient (Wildman–Crippen LogP) is 2.22. The largest absolute Gasteiger partial charge is 0.416 e. The molecule has 1 fully saturated rings. The van der Waals surface area contributed by atoms with Crippen LogP contribution in [0.2, 0.25) is 0 Å². The molecule has 5 nitrogen and oxygen atoms in total. The first-order valence-corrected chi connectivity index (χ1v) is 8.10. The molecular weight excluding hydrogens is 335 g/mol. The first kappa shape index (κ1) is 19.2. The molecule has 2 rings (SSSR count). The molecule has 1 aliphatic heterocycles. The van der Waals surface area contributed by atoms with Crippen LogP contribution in [0.3, 0.4) is 0 Å². The zero-order valence-electron chi connectivity index (χ0n) is 14.3. The monoisotopic (exact) mass is 357 g/mol. The van der Waals surface area contributed by atoms with Gasteiger partial charge in [0.15, 0.2) is 0 Å². The third-order valence-electron chi connectivity index (χ3n) is 4.27. The van der Waals surface area contributed by atoms with E-state index in [1.807, 2.05) is 7.05 Å². The van der Waals surface area contributed by atoms with E-state index in [2.05, 4.69) is 4.90 Å². The highest BCUT2D eigenvalue weighted by molar-refractivity contribution is 5.92. The molecule has 0 atom stereocenters. The normalized spacial score (nSPS) is 16.0. The Labute approximate surface area is 145 Å². The quantitative estimate of drug-likeness (QED) is 0.830. The van der Waals surface area contributed by atoms with Crippen LogP contribution in [0, 0.1) is 0 Å². The lowest BCUT2D eigenvalue weighted by Crippen LogP contribution is -2.47. The Balaban J connectivity index is 2.04. The summed E-state index contributed by atoms with van der Waals surface area (Å²) >= 11 is 0. The van der Waals surface area contributed by atoms with Crippen molar-refractivity contribution in [2.75, 3.05) is 44.7 Å². The van der Waals surface area contributed by atoms with Gasteiger partial charge in [-0.2, -0.15) is 13.2 Å². The number of piperazine rings is 1. The van der Waals surface area contributed by atoms with Crippen molar-refractivity contribution >= 4 is 17.5 Å². The molecule has 1 saturated heterocycles. The second kappa shape index (κ2) is 7.86. The summed E-state index contributed by atoms with van der Waals surface area (Å²) in [6.45, 7) is 4.16. The van der Waals surface area contributed by atoms with E-state index in [0.29, 0.717) is 13.1 Å². The third kappa shape index (κ3) is 5.19. The van der Waals surface area contributed by atoms with Gasteiger partial charge in [-0.3, -0.25) is 9.59 Å². The average molecular weight is 357 g/mol. The lowest BCUT2D eigenvalue weighted by atomic mass is 10.1. The second-order valence-electron chi connectivity index (χ2n) is 6.15.